The molecule has 0 bridgehead atoms. The number of rotatable bonds is 4. The number of aliphatic hydroxyl groups is 2. The van der Waals surface area contributed by atoms with Crippen molar-refractivity contribution >= 4 is 23.7 Å². The number of carbonyl (C=O) groups excluding carboxylic acids is 4. The molecule has 38 heavy (non-hydrogen) atoms. The molecule has 0 radical (unpaired) electrons. The van der Waals surface area contributed by atoms with E-state index in [2.05, 4.69) is 0 Å². The molecule has 10 heteroatoms. The summed E-state index contributed by atoms with van der Waals surface area (Å²) in [6, 6.07) is 0. The van der Waals surface area contributed by atoms with Gasteiger partial charge in [-0.25, -0.2) is 4.79 Å². The largest absolute Gasteiger partial charge is 0.469 e. The van der Waals surface area contributed by atoms with E-state index in [1.807, 2.05) is 13.8 Å². The fraction of sp³-hybridized carbons (Fsp3) is 0.643. The van der Waals surface area contributed by atoms with Gasteiger partial charge < -0.3 is 29.2 Å². The maximum Gasteiger partial charge on any atom is 0.337 e. The number of hydrogen-bond acceptors (Lipinski definition) is 10. The van der Waals surface area contributed by atoms with Crippen LogP contribution in [0.2, 0.25) is 0 Å². The van der Waals surface area contributed by atoms with Crippen molar-refractivity contribution in [1.82, 2.24) is 0 Å². The lowest BCUT2D eigenvalue weighted by atomic mass is 9.41. The number of carbonyl (C=O) groups is 4. The van der Waals surface area contributed by atoms with E-state index in [1.165, 1.54) is 32.4 Å². The number of aliphatic hydroxyl groups excluding tert-OH is 2. The lowest BCUT2D eigenvalue weighted by Crippen LogP contribution is -2.69. The molecule has 1 saturated carbocycles. The molecule has 10 nitrogen and oxygen atoms in total. The Hall–Kier alpha value is -2.82. The van der Waals surface area contributed by atoms with Crippen LogP contribution in [0.3, 0.4) is 0 Å². The van der Waals surface area contributed by atoms with Gasteiger partial charge in [0.25, 0.3) is 0 Å². The summed E-state index contributed by atoms with van der Waals surface area (Å²) in [4.78, 5) is 52.1. The maximum atomic E-state index is 13.8. The second-order valence-electron chi connectivity index (χ2n) is 11.7. The molecule has 2 N–H and O–H groups in total. The van der Waals surface area contributed by atoms with Gasteiger partial charge in [0.2, 0.25) is 6.29 Å². The first-order valence-corrected chi connectivity index (χ1v) is 12.8. The number of hydrogen-bond donors (Lipinski definition) is 2. The average Bonchev–Trinajstić information content (AvgIpc) is 3.48. The minimum absolute atomic E-state index is 0.152. The average molecular weight is 531 g/mol. The summed E-state index contributed by atoms with van der Waals surface area (Å²) in [5.74, 6) is -4.09. The minimum atomic E-state index is -1.36. The van der Waals surface area contributed by atoms with Gasteiger partial charge in [0, 0.05) is 28.2 Å². The first-order chi connectivity index (χ1) is 17.8. The van der Waals surface area contributed by atoms with E-state index < -0.39 is 70.6 Å². The van der Waals surface area contributed by atoms with E-state index in [0.29, 0.717) is 12.0 Å². The topological polar surface area (TPSA) is 146 Å². The van der Waals surface area contributed by atoms with Gasteiger partial charge in [0.15, 0.2) is 5.78 Å². The Bertz CT molecular complexity index is 1210. The lowest BCUT2D eigenvalue weighted by molar-refractivity contribution is -0.216. The number of methoxy groups -OCH3 is 2. The summed E-state index contributed by atoms with van der Waals surface area (Å²) < 4.78 is 21.6. The van der Waals surface area contributed by atoms with E-state index in [-0.39, 0.29) is 18.1 Å². The van der Waals surface area contributed by atoms with E-state index in [0.717, 1.165) is 11.1 Å². The first kappa shape index (κ1) is 26.8. The van der Waals surface area contributed by atoms with Gasteiger partial charge in [-0.2, -0.15) is 0 Å². The lowest BCUT2D eigenvalue weighted by Gasteiger charge is -2.61. The van der Waals surface area contributed by atoms with Gasteiger partial charge in [-0.05, 0) is 43.9 Å². The SMILES string of the molecule is COC(=O)C[C@H]1[C@]2(C)C3=C(C)[C@H](C4=CC(O)OC4=O)C[C@H]3O[C@@H]2[C@H](O)[C@@H]2[C@]1(C)C(=O)C=C[C@@]2(C)C(=O)OC. The number of esters is 3. The Morgan fingerprint density at radius 1 is 1.11 bits per heavy atom. The van der Waals surface area contributed by atoms with Gasteiger partial charge in [-0.15, -0.1) is 0 Å². The number of ether oxygens (including phenoxy) is 4. The van der Waals surface area contributed by atoms with Crippen LogP contribution in [0.1, 0.15) is 40.5 Å². The fourth-order valence-corrected chi connectivity index (χ4v) is 8.48. The molecule has 2 heterocycles. The van der Waals surface area contributed by atoms with Crippen LogP contribution < -0.4 is 0 Å². The van der Waals surface area contributed by atoms with Crippen molar-refractivity contribution in [3.63, 3.8) is 0 Å². The van der Waals surface area contributed by atoms with Crippen LogP contribution in [0, 0.1) is 34.0 Å². The molecule has 0 aromatic carbocycles. The quantitative estimate of drug-likeness (QED) is 0.311. The predicted octanol–water partition coefficient (Wildman–Crippen LogP) is 1.39. The molecule has 1 unspecified atom stereocenters. The van der Waals surface area contributed by atoms with E-state index in [9.17, 15) is 29.4 Å². The summed E-state index contributed by atoms with van der Waals surface area (Å²) in [5.41, 5.74) is -1.76. The molecule has 5 aliphatic rings. The highest BCUT2D eigenvalue weighted by atomic mass is 16.6. The Morgan fingerprint density at radius 2 is 1.79 bits per heavy atom. The molecule has 0 aromatic heterocycles. The summed E-state index contributed by atoms with van der Waals surface area (Å²) in [6.07, 6.45) is 0.520. The van der Waals surface area contributed by atoms with E-state index in [1.54, 1.807) is 13.8 Å². The van der Waals surface area contributed by atoms with Crippen molar-refractivity contribution in [1.29, 1.82) is 0 Å². The van der Waals surface area contributed by atoms with Crippen molar-refractivity contribution in [2.24, 2.45) is 34.0 Å². The molecule has 0 aromatic rings. The fourth-order valence-electron chi connectivity index (χ4n) is 8.48. The van der Waals surface area contributed by atoms with Gasteiger partial charge >= 0.3 is 17.9 Å². The summed E-state index contributed by atoms with van der Waals surface area (Å²) in [6.45, 7) is 7.08. The van der Waals surface area contributed by atoms with Crippen LogP contribution in [0.15, 0.2) is 34.9 Å². The van der Waals surface area contributed by atoms with Gasteiger partial charge in [0.1, 0.15) is 0 Å². The number of cyclic esters (lactones) is 1. The highest BCUT2D eigenvalue weighted by Crippen LogP contribution is 2.69. The molecule has 3 aliphatic carbocycles. The molecule has 5 rings (SSSR count). The predicted molar refractivity (Wildman–Crippen MR) is 130 cm³/mol. The minimum Gasteiger partial charge on any atom is -0.469 e. The van der Waals surface area contributed by atoms with E-state index >= 15 is 0 Å². The first-order valence-electron chi connectivity index (χ1n) is 12.8. The highest BCUT2D eigenvalue weighted by molar-refractivity contribution is 5.99. The van der Waals surface area contributed by atoms with Crippen LogP contribution in [0.5, 0.6) is 0 Å². The zero-order valence-corrected chi connectivity index (χ0v) is 22.3. The van der Waals surface area contributed by atoms with Gasteiger partial charge in [-0.1, -0.05) is 25.5 Å². The molecular formula is C28H34O10. The van der Waals surface area contributed by atoms with Crippen LogP contribution in [0.25, 0.3) is 0 Å². The Balaban J connectivity index is 1.71. The van der Waals surface area contributed by atoms with Crippen LogP contribution >= 0.6 is 0 Å². The standard InChI is InChI=1S/C28H34O10/c1-12-13(14-10-19(31)38-24(14)33)9-15-20(12)28(4)16(11-18(30)35-5)27(3)17(29)7-8-26(2,25(34)36-6)22(27)21(32)23(28)37-15/h7-8,10,13,15-16,19,21-23,31-32H,9,11H2,1-6H3/t13-,15-,16-,19?,21-,22+,23-,26-,27+,28-/m1/s1. The molecule has 206 valence electrons. The van der Waals surface area contributed by atoms with Crippen molar-refractivity contribution in [2.75, 3.05) is 14.2 Å². The van der Waals surface area contributed by atoms with Crippen molar-refractivity contribution < 1.29 is 48.3 Å². The third-order valence-corrected chi connectivity index (χ3v) is 10.1. The van der Waals surface area contributed by atoms with Crippen LogP contribution in [-0.4, -0.2) is 72.7 Å². The third-order valence-electron chi connectivity index (χ3n) is 10.1. The third kappa shape index (κ3) is 3.23. The number of allylic oxidation sites excluding steroid dienone is 2. The van der Waals surface area contributed by atoms with Crippen LogP contribution in [0.4, 0.5) is 0 Å². The van der Waals surface area contributed by atoms with Gasteiger partial charge in [-0.3, -0.25) is 14.4 Å². The molecule has 2 aliphatic heterocycles. The number of ketones is 1. The summed E-state index contributed by atoms with van der Waals surface area (Å²) in [5, 5.41) is 21.8. The van der Waals surface area contributed by atoms with Crippen molar-refractivity contribution in [3.05, 3.63) is 34.9 Å². The molecule has 0 amide bonds. The Morgan fingerprint density at radius 3 is 2.37 bits per heavy atom. The molecule has 1 saturated heterocycles. The second-order valence-corrected chi connectivity index (χ2v) is 11.7. The number of fused-ring (bicyclic) bond motifs is 4. The normalized spacial score (nSPS) is 45.3. The van der Waals surface area contributed by atoms with Crippen molar-refractivity contribution in [3.8, 4) is 0 Å². The molecule has 2 fully saturated rings. The molecular weight excluding hydrogens is 496 g/mol. The zero-order valence-electron chi connectivity index (χ0n) is 22.3. The van der Waals surface area contributed by atoms with Crippen LogP contribution in [-0.2, 0) is 38.1 Å². The highest BCUT2D eigenvalue weighted by Gasteiger charge is 2.74. The van der Waals surface area contributed by atoms with E-state index in [4.69, 9.17) is 18.9 Å². The van der Waals surface area contributed by atoms with Crippen molar-refractivity contribution in [2.45, 2.75) is 65.1 Å². The zero-order chi connectivity index (χ0) is 27.9. The molecule has 10 atom stereocenters. The monoisotopic (exact) mass is 530 g/mol. The summed E-state index contributed by atoms with van der Waals surface area (Å²) in [7, 11) is 2.53. The smallest absolute Gasteiger partial charge is 0.337 e. The Kier molecular flexibility index (Phi) is 6.05. The molecule has 0 spiro atoms. The second kappa shape index (κ2) is 8.59. The van der Waals surface area contributed by atoms with Gasteiger partial charge in [0.05, 0.1) is 44.4 Å². The Labute approximate surface area is 220 Å². The summed E-state index contributed by atoms with van der Waals surface area (Å²) >= 11 is 0. The maximum absolute atomic E-state index is 13.8.